The molecule has 0 aliphatic carbocycles. The summed E-state index contributed by atoms with van der Waals surface area (Å²) in [5.41, 5.74) is 0.722. The molecule has 0 atom stereocenters. The second-order valence-electron chi connectivity index (χ2n) is 4.27. The summed E-state index contributed by atoms with van der Waals surface area (Å²) in [6.45, 7) is 4.16. The fourth-order valence-electron chi connectivity index (χ4n) is 2.01. The minimum absolute atomic E-state index is 0. The van der Waals surface area contributed by atoms with E-state index in [0.717, 1.165) is 31.9 Å². The molecule has 1 aromatic rings. The van der Waals surface area contributed by atoms with E-state index in [9.17, 15) is 4.79 Å². The molecule has 1 aliphatic heterocycles. The van der Waals surface area contributed by atoms with Gasteiger partial charge in [0.15, 0.2) is 0 Å². The lowest BCUT2D eigenvalue weighted by Gasteiger charge is -2.26. The molecule has 0 radical (unpaired) electrons. The van der Waals surface area contributed by atoms with Crippen molar-refractivity contribution in [2.24, 2.45) is 0 Å². The maximum absolute atomic E-state index is 11.9. The predicted octanol–water partition coefficient (Wildman–Crippen LogP) is 1.38. The Bertz CT molecular complexity index is 412. The van der Waals surface area contributed by atoms with Gasteiger partial charge in [-0.1, -0.05) is 12.1 Å². The van der Waals surface area contributed by atoms with E-state index in [-0.39, 0.29) is 30.7 Å². The van der Waals surface area contributed by atoms with Crippen molar-refractivity contribution in [1.29, 1.82) is 0 Å². The van der Waals surface area contributed by atoms with Gasteiger partial charge in [-0.05, 0) is 12.1 Å². The van der Waals surface area contributed by atoms with Crippen molar-refractivity contribution in [1.82, 2.24) is 10.2 Å². The minimum atomic E-state index is 0. The van der Waals surface area contributed by atoms with Gasteiger partial charge in [-0.3, -0.25) is 9.69 Å². The summed E-state index contributed by atoms with van der Waals surface area (Å²) < 4.78 is 5.20. The highest BCUT2D eigenvalue weighted by molar-refractivity contribution is 5.93. The quantitative estimate of drug-likeness (QED) is 0.879. The Morgan fingerprint density at radius 1 is 1.30 bits per heavy atom. The summed E-state index contributed by atoms with van der Waals surface area (Å²) in [4.78, 5) is 14.1. The number of benzene rings is 1. The number of carbonyl (C=O) groups is 1. The molecule has 1 saturated heterocycles. The Morgan fingerprint density at radius 2 is 1.95 bits per heavy atom. The number of para-hydroxylation sites is 2. The number of rotatable bonds is 4. The van der Waals surface area contributed by atoms with Crippen LogP contribution in [0.15, 0.2) is 24.3 Å². The molecule has 1 fully saturated rings. The zero-order chi connectivity index (χ0) is 12.8. The van der Waals surface area contributed by atoms with Crippen LogP contribution in [0.4, 0.5) is 5.69 Å². The molecule has 0 aromatic heterocycles. The number of methoxy groups -OCH3 is 1. The van der Waals surface area contributed by atoms with Gasteiger partial charge in [0.2, 0.25) is 5.91 Å². The maximum Gasteiger partial charge on any atom is 0.238 e. The van der Waals surface area contributed by atoms with Crippen LogP contribution in [0.2, 0.25) is 0 Å². The third-order valence-corrected chi connectivity index (χ3v) is 2.96. The van der Waals surface area contributed by atoms with Gasteiger partial charge in [0.05, 0.1) is 19.3 Å². The van der Waals surface area contributed by atoms with E-state index in [4.69, 9.17) is 4.74 Å². The van der Waals surface area contributed by atoms with Gasteiger partial charge in [-0.15, -0.1) is 24.8 Å². The van der Waals surface area contributed by atoms with Gasteiger partial charge >= 0.3 is 0 Å². The topological polar surface area (TPSA) is 53.6 Å². The van der Waals surface area contributed by atoms with Crippen LogP contribution in [0, 0.1) is 0 Å². The number of ether oxygens (including phenoxy) is 1. The SMILES string of the molecule is COc1ccccc1NC(=O)CN1CCNCC1.Cl.Cl. The van der Waals surface area contributed by atoms with Crippen LogP contribution in [-0.4, -0.2) is 50.6 Å². The second-order valence-corrected chi connectivity index (χ2v) is 4.27. The average molecular weight is 322 g/mol. The number of nitrogens with one attached hydrogen (secondary N) is 2. The second kappa shape index (κ2) is 9.83. The van der Waals surface area contributed by atoms with Crippen molar-refractivity contribution in [3.63, 3.8) is 0 Å². The van der Waals surface area contributed by atoms with E-state index in [1.807, 2.05) is 24.3 Å². The molecule has 7 heteroatoms. The lowest BCUT2D eigenvalue weighted by molar-refractivity contribution is -0.117. The Labute approximate surface area is 131 Å². The van der Waals surface area contributed by atoms with Gasteiger partial charge in [0, 0.05) is 26.2 Å². The van der Waals surface area contributed by atoms with Crippen molar-refractivity contribution >= 4 is 36.4 Å². The summed E-state index contributed by atoms with van der Waals surface area (Å²) in [6, 6.07) is 7.43. The number of halogens is 2. The van der Waals surface area contributed by atoms with Crippen LogP contribution in [0.1, 0.15) is 0 Å². The van der Waals surface area contributed by atoms with Crippen LogP contribution in [0.5, 0.6) is 5.75 Å². The Hall–Kier alpha value is -1.01. The number of carbonyl (C=O) groups excluding carboxylic acids is 1. The first-order valence-corrected chi connectivity index (χ1v) is 6.15. The van der Waals surface area contributed by atoms with Crippen LogP contribution < -0.4 is 15.4 Å². The smallest absolute Gasteiger partial charge is 0.238 e. The minimum Gasteiger partial charge on any atom is -0.495 e. The fraction of sp³-hybridized carbons (Fsp3) is 0.462. The van der Waals surface area contributed by atoms with E-state index >= 15 is 0 Å². The number of hydrogen-bond acceptors (Lipinski definition) is 4. The first-order valence-electron chi connectivity index (χ1n) is 6.15. The summed E-state index contributed by atoms with van der Waals surface area (Å²) in [7, 11) is 1.60. The molecular weight excluding hydrogens is 301 g/mol. The summed E-state index contributed by atoms with van der Waals surface area (Å²) >= 11 is 0. The number of piperazine rings is 1. The first-order chi connectivity index (χ1) is 8.79. The van der Waals surface area contributed by atoms with Crippen molar-refractivity contribution in [3.05, 3.63) is 24.3 Å². The van der Waals surface area contributed by atoms with E-state index < -0.39 is 0 Å². The highest BCUT2D eigenvalue weighted by atomic mass is 35.5. The van der Waals surface area contributed by atoms with Gasteiger partial charge < -0.3 is 15.4 Å². The Kier molecular flexibility index (Phi) is 9.33. The summed E-state index contributed by atoms with van der Waals surface area (Å²) in [5, 5.41) is 6.15. The molecule has 2 N–H and O–H groups in total. The van der Waals surface area contributed by atoms with Crippen molar-refractivity contribution in [3.8, 4) is 5.75 Å². The van der Waals surface area contributed by atoms with Crippen molar-refractivity contribution in [2.75, 3.05) is 45.2 Å². The predicted molar refractivity (Wildman–Crippen MR) is 85.4 cm³/mol. The van der Waals surface area contributed by atoms with Gasteiger partial charge in [-0.25, -0.2) is 0 Å². The molecule has 20 heavy (non-hydrogen) atoms. The summed E-state index contributed by atoms with van der Waals surface area (Å²) in [6.07, 6.45) is 0. The normalized spacial score (nSPS) is 14.7. The van der Waals surface area contributed by atoms with Crippen LogP contribution in [-0.2, 0) is 4.79 Å². The number of anilines is 1. The van der Waals surface area contributed by atoms with Crippen LogP contribution in [0.25, 0.3) is 0 Å². The molecule has 1 aliphatic rings. The zero-order valence-corrected chi connectivity index (χ0v) is 13.1. The number of amides is 1. The number of nitrogens with zero attached hydrogens (tertiary/aromatic N) is 1. The molecular formula is C13H21Cl2N3O2. The lowest BCUT2D eigenvalue weighted by Crippen LogP contribution is -2.46. The molecule has 114 valence electrons. The van der Waals surface area contributed by atoms with E-state index in [1.54, 1.807) is 7.11 Å². The van der Waals surface area contributed by atoms with Crippen LogP contribution in [0.3, 0.4) is 0 Å². The zero-order valence-electron chi connectivity index (χ0n) is 11.4. The largest absolute Gasteiger partial charge is 0.495 e. The third kappa shape index (κ3) is 5.54. The molecule has 5 nitrogen and oxygen atoms in total. The molecule has 0 unspecified atom stereocenters. The monoisotopic (exact) mass is 321 g/mol. The van der Waals surface area contributed by atoms with Gasteiger partial charge in [-0.2, -0.15) is 0 Å². The molecule has 0 saturated carbocycles. The molecule has 0 spiro atoms. The first kappa shape index (κ1) is 19.0. The molecule has 2 rings (SSSR count). The molecule has 0 bridgehead atoms. The van der Waals surface area contributed by atoms with E-state index in [2.05, 4.69) is 15.5 Å². The van der Waals surface area contributed by atoms with E-state index in [0.29, 0.717) is 12.3 Å². The molecule has 1 amide bonds. The fourth-order valence-corrected chi connectivity index (χ4v) is 2.01. The Morgan fingerprint density at radius 3 is 2.60 bits per heavy atom. The van der Waals surface area contributed by atoms with Crippen LogP contribution >= 0.6 is 24.8 Å². The maximum atomic E-state index is 11.9. The standard InChI is InChI=1S/C13H19N3O2.2ClH/c1-18-12-5-3-2-4-11(12)15-13(17)10-16-8-6-14-7-9-16;;/h2-5,14H,6-10H2,1H3,(H,15,17);2*1H. The molecule has 1 aromatic carbocycles. The highest BCUT2D eigenvalue weighted by Gasteiger charge is 2.14. The lowest BCUT2D eigenvalue weighted by atomic mass is 10.3. The average Bonchev–Trinajstić information content (AvgIpc) is 2.40. The van der Waals surface area contributed by atoms with Crippen molar-refractivity contribution < 1.29 is 9.53 Å². The molecule has 1 heterocycles. The summed E-state index contributed by atoms with van der Waals surface area (Å²) in [5.74, 6) is 0.688. The van der Waals surface area contributed by atoms with Crippen molar-refractivity contribution in [2.45, 2.75) is 0 Å². The van der Waals surface area contributed by atoms with E-state index in [1.165, 1.54) is 0 Å². The Balaban J connectivity index is 0.00000180. The van der Waals surface area contributed by atoms with Gasteiger partial charge in [0.25, 0.3) is 0 Å². The highest BCUT2D eigenvalue weighted by Crippen LogP contribution is 2.22. The number of hydrogen-bond donors (Lipinski definition) is 2. The van der Waals surface area contributed by atoms with Gasteiger partial charge in [0.1, 0.15) is 5.75 Å². The third-order valence-electron chi connectivity index (χ3n) is 2.96.